The third-order valence-corrected chi connectivity index (χ3v) is 4.24. The van der Waals surface area contributed by atoms with Gasteiger partial charge in [0.1, 0.15) is 0 Å². The summed E-state index contributed by atoms with van der Waals surface area (Å²) >= 11 is 0. The molecule has 20 heavy (non-hydrogen) atoms. The average Bonchev–Trinajstić information content (AvgIpc) is 2.80. The number of piperidine rings is 1. The molecule has 1 aliphatic heterocycles. The minimum Gasteiger partial charge on any atom is -0.316 e. The van der Waals surface area contributed by atoms with Crippen molar-refractivity contribution in [3.8, 4) is 0 Å². The third-order valence-electron chi connectivity index (χ3n) is 4.24. The van der Waals surface area contributed by atoms with Crippen LogP contribution in [0, 0.1) is 5.92 Å². The van der Waals surface area contributed by atoms with Gasteiger partial charge in [-0.15, -0.1) is 0 Å². The molecule has 1 N–H and O–H groups in total. The van der Waals surface area contributed by atoms with Crippen molar-refractivity contribution in [3.63, 3.8) is 0 Å². The van der Waals surface area contributed by atoms with Crippen LogP contribution in [0.2, 0.25) is 0 Å². The Morgan fingerprint density at radius 3 is 2.95 bits per heavy atom. The average molecular weight is 278 g/mol. The maximum absolute atomic E-state index is 4.55. The van der Waals surface area contributed by atoms with Crippen molar-refractivity contribution in [1.82, 2.24) is 20.0 Å². The molecule has 0 bridgehead atoms. The molecule has 2 heterocycles. The van der Waals surface area contributed by atoms with Crippen molar-refractivity contribution >= 4 is 0 Å². The first-order valence-corrected chi connectivity index (χ1v) is 8.17. The summed E-state index contributed by atoms with van der Waals surface area (Å²) in [5, 5.41) is 8.12. The summed E-state index contributed by atoms with van der Waals surface area (Å²) in [4.78, 5) is 2.60. The van der Waals surface area contributed by atoms with Crippen molar-refractivity contribution < 1.29 is 0 Å². The highest BCUT2D eigenvalue weighted by atomic mass is 15.3. The van der Waals surface area contributed by atoms with Gasteiger partial charge in [-0.3, -0.25) is 9.58 Å². The van der Waals surface area contributed by atoms with E-state index in [0.717, 1.165) is 25.4 Å². The summed E-state index contributed by atoms with van der Waals surface area (Å²) in [6.45, 7) is 10.2. The van der Waals surface area contributed by atoms with Gasteiger partial charge < -0.3 is 5.32 Å². The van der Waals surface area contributed by atoms with E-state index >= 15 is 0 Å². The summed E-state index contributed by atoms with van der Waals surface area (Å²) in [5.74, 6) is 0.814. The van der Waals surface area contributed by atoms with Gasteiger partial charge >= 0.3 is 0 Å². The van der Waals surface area contributed by atoms with Crippen LogP contribution < -0.4 is 5.32 Å². The predicted molar refractivity (Wildman–Crippen MR) is 83.7 cm³/mol. The molecule has 1 aromatic heterocycles. The Morgan fingerprint density at radius 1 is 1.40 bits per heavy atom. The molecule has 1 atom stereocenters. The van der Waals surface area contributed by atoms with E-state index in [1.165, 1.54) is 50.3 Å². The van der Waals surface area contributed by atoms with Gasteiger partial charge in [-0.1, -0.05) is 13.8 Å². The number of aryl methyl sites for hydroxylation is 2. The number of aromatic nitrogens is 2. The van der Waals surface area contributed by atoms with E-state index < -0.39 is 0 Å². The summed E-state index contributed by atoms with van der Waals surface area (Å²) < 4.78 is 2.05. The highest BCUT2D eigenvalue weighted by molar-refractivity contribution is 5.10. The molecule has 0 radical (unpaired) electrons. The molecule has 1 unspecified atom stereocenters. The molecule has 0 saturated carbocycles. The van der Waals surface area contributed by atoms with Crippen LogP contribution in [0.25, 0.3) is 0 Å². The molecule has 4 heteroatoms. The predicted octanol–water partition coefficient (Wildman–Crippen LogP) is 2.19. The van der Waals surface area contributed by atoms with Crippen LogP contribution in [0.4, 0.5) is 0 Å². The van der Waals surface area contributed by atoms with Crippen molar-refractivity contribution in [2.24, 2.45) is 13.0 Å². The highest BCUT2D eigenvalue weighted by Gasteiger charge is 2.20. The number of rotatable bonds is 7. The fourth-order valence-corrected chi connectivity index (χ4v) is 3.07. The molecule has 2 rings (SSSR count). The van der Waals surface area contributed by atoms with Crippen LogP contribution in [0.5, 0.6) is 0 Å². The molecule has 114 valence electrons. The van der Waals surface area contributed by atoms with Crippen molar-refractivity contribution in [3.05, 3.63) is 17.5 Å². The molecule has 0 spiro atoms. The number of likely N-dealkylation sites (tertiary alicyclic amines) is 1. The SMILES string of the molecule is CCCNCC1CCCN(Cc2cc(CC)nn2C)C1. The molecular weight excluding hydrogens is 248 g/mol. The second-order valence-electron chi connectivity index (χ2n) is 6.05. The van der Waals surface area contributed by atoms with E-state index in [1.807, 2.05) is 0 Å². The summed E-state index contributed by atoms with van der Waals surface area (Å²) in [6.07, 6.45) is 4.96. The second-order valence-corrected chi connectivity index (χ2v) is 6.05. The molecule has 4 nitrogen and oxygen atoms in total. The molecule has 1 aromatic rings. The van der Waals surface area contributed by atoms with Crippen LogP contribution in [-0.2, 0) is 20.0 Å². The smallest absolute Gasteiger partial charge is 0.0625 e. The standard InChI is InChI=1S/C16H30N4/c1-4-8-17-11-14-7-6-9-20(12-14)13-16-10-15(5-2)18-19(16)3/h10,14,17H,4-9,11-13H2,1-3H3. The van der Waals surface area contributed by atoms with Crippen LogP contribution >= 0.6 is 0 Å². The van der Waals surface area contributed by atoms with Gasteiger partial charge in [-0.2, -0.15) is 5.10 Å². The molecule has 1 fully saturated rings. The van der Waals surface area contributed by atoms with Gasteiger partial charge in [-0.05, 0) is 57.3 Å². The molecule has 0 amide bonds. The van der Waals surface area contributed by atoms with Crippen LogP contribution in [0.1, 0.15) is 44.5 Å². The van der Waals surface area contributed by atoms with Crippen LogP contribution in [0.3, 0.4) is 0 Å². The molecule has 0 aliphatic carbocycles. The Labute approximate surface area is 123 Å². The molecule has 1 aliphatic rings. The van der Waals surface area contributed by atoms with E-state index in [1.54, 1.807) is 0 Å². The largest absolute Gasteiger partial charge is 0.316 e. The first-order valence-electron chi connectivity index (χ1n) is 8.17. The molecule has 0 aromatic carbocycles. The van der Waals surface area contributed by atoms with Crippen molar-refractivity contribution in [2.45, 2.75) is 46.1 Å². The van der Waals surface area contributed by atoms with Crippen molar-refractivity contribution in [1.29, 1.82) is 0 Å². The van der Waals surface area contributed by atoms with Gasteiger partial charge in [0.2, 0.25) is 0 Å². The first-order chi connectivity index (χ1) is 9.72. The zero-order valence-electron chi connectivity index (χ0n) is 13.4. The van der Waals surface area contributed by atoms with Gasteiger partial charge in [0.25, 0.3) is 0 Å². The third kappa shape index (κ3) is 4.32. The minimum atomic E-state index is 0.814. The Morgan fingerprint density at radius 2 is 2.25 bits per heavy atom. The van der Waals surface area contributed by atoms with E-state index in [2.05, 4.69) is 47.0 Å². The Hall–Kier alpha value is -0.870. The van der Waals surface area contributed by atoms with E-state index in [-0.39, 0.29) is 0 Å². The number of nitrogens with one attached hydrogen (secondary N) is 1. The zero-order valence-corrected chi connectivity index (χ0v) is 13.4. The molecule has 1 saturated heterocycles. The van der Waals surface area contributed by atoms with E-state index in [4.69, 9.17) is 0 Å². The summed E-state index contributed by atoms with van der Waals surface area (Å²) in [7, 11) is 2.07. The maximum atomic E-state index is 4.55. The lowest BCUT2D eigenvalue weighted by Crippen LogP contribution is -2.39. The number of hydrogen-bond donors (Lipinski definition) is 1. The quantitative estimate of drug-likeness (QED) is 0.776. The second kappa shape index (κ2) is 7.79. The zero-order chi connectivity index (χ0) is 14.4. The first kappa shape index (κ1) is 15.5. The lowest BCUT2D eigenvalue weighted by atomic mass is 9.98. The monoisotopic (exact) mass is 278 g/mol. The number of nitrogens with zero attached hydrogens (tertiary/aromatic N) is 3. The summed E-state index contributed by atoms with van der Waals surface area (Å²) in [5.41, 5.74) is 2.56. The van der Waals surface area contributed by atoms with Gasteiger partial charge in [0, 0.05) is 20.1 Å². The number of hydrogen-bond acceptors (Lipinski definition) is 3. The maximum Gasteiger partial charge on any atom is 0.0625 e. The fourth-order valence-electron chi connectivity index (χ4n) is 3.07. The van der Waals surface area contributed by atoms with Crippen LogP contribution in [-0.4, -0.2) is 40.9 Å². The Kier molecular flexibility index (Phi) is 6.05. The van der Waals surface area contributed by atoms with Crippen molar-refractivity contribution in [2.75, 3.05) is 26.2 Å². The van der Waals surface area contributed by atoms with Gasteiger partial charge in [-0.25, -0.2) is 0 Å². The van der Waals surface area contributed by atoms with Gasteiger partial charge in [0.05, 0.1) is 11.4 Å². The lowest BCUT2D eigenvalue weighted by molar-refractivity contribution is 0.162. The normalized spacial score (nSPS) is 20.4. The van der Waals surface area contributed by atoms with E-state index in [0.29, 0.717) is 0 Å². The minimum absolute atomic E-state index is 0.814. The molecular formula is C16H30N4. The van der Waals surface area contributed by atoms with Gasteiger partial charge in [0.15, 0.2) is 0 Å². The fraction of sp³-hybridized carbons (Fsp3) is 0.812. The lowest BCUT2D eigenvalue weighted by Gasteiger charge is -2.32. The Bertz CT molecular complexity index is 399. The van der Waals surface area contributed by atoms with E-state index in [9.17, 15) is 0 Å². The topological polar surface area (TPSA) is 33.1 Å². The Balaban J connectivity index is 1.84. The highest BCUT2D eigenvalue weighted by Crippen LogP contribution is 2.18. The summed E-state index contributed by atoms with van der Waals surface area (Å²) in [6, 6.07) is 2.26. The van der Waals surface area contributed by atoms with Crippen LogP contribution in [0.15, 0.2) is 6.07 Å².